The predicted molar refractivity (Wildman–Crippen MR) is 71.2 cm³/mol. The molecule has 0 fully saturated rings. The zero-order chi connectivity index (χ0) is 14.0. The Morgan fingerprint density at radius 1 is 1.11 bits per heavy atom. The number of aliphatic hydroxyl groups is 1. The minimum atomic E-state index is -1.08. The lowest BCUT2D eigenvalue weighted by molar-refractivity contribution is 0.219. The average Bonchev–Trinajstić information content (AvgIpc) is 2.42. The number of rotatable bonds is 3. The number of aliphatic hydroxyl groups excluding tert-OH is 1. The van der Waals surface area contributed by atoms with Gasteiger partial charge in [-0.05, 0) is 29.7 Å². The van der Waals surface area contributed by atoms with Gasteiger partial charge >= 0.3 is 0 Å². The molecule has 100 valence electrons. The third-order valence-electron chi connectivity index (χ3n) is 3.04. The van der Waals surface area contributed by atoms with Crippen LogP contribution in [0.1, 0.15) is 29.7 Å². The van der Waals surface area contributed by atoms with Gasteiger partial charge in [-0.25, -0.2) is 8.78 Å². The van der Waals surface area contributed by atoms with Crippen LogP contribution >= 0.6 is 11.6 Å². The van der Waals surface area contributed by atoms with E-state index in [-0.39, 0.29) is 10.6 Å². The van der Waals surface area contributed by atoms with Crippen molar-refractivity contribution in [2.45, 2.75) is 19.4 Å². The minimum Gasteiger partial charge on any atom is -0.384 e. The molecule has 1 N–H and O–H groups in total. The van der Waals surface area contributed by atoms with Crippen LogP contribution in [0.25, 0.3) is 0 Å². The lowest BCUT2D eigenvalue weighted by atomic mass is 9.99. The molecule has 0 heterocycles. The summed E-state index contributed by atoms with van der Waals surface area (Å²) in [5.41, 5.74) is 1.88. The summed E-state index contributed by atoms with van der Waals surface area (Å²) in [7, 11) is 0. The molecule has 0 bridgehead atoms. The van der Waals surface area contributed by atoms with Crippen LogP contribution < -0.4 is 0 Å². The van der Waals surface area contributed by atoms with E-state index in [4.69, 9.17) is 11.6 Å². The van der Waals surface area contributed by atoms with Crippen molar-refractivity contribution in [2.75, 3.05) is 0 Å². The van der Waals surface area contributed by atoms with Crippen molar-refractivity contribution >= 4 is 11.6 Å². The van der Waals surface area contributed by atoms with Crippen LogP contribution in [-0.4, -0.2) is 5.11 Å². The molecule has 0 spiro atoms. The van der Waals surface area contributed by atoms with Crippen molar-refractivity contribution in [3.8, 4) is 0 Å². The Bertz CT molecular complexity index is 581. The van der Waals surface area contributed by atoms with Gasteiger partial charge in [-0.2, -0.15) is 0 Å². The van der Waals surface area contributed by atoms with Crippen LogP contribution in [0.2, 0.25) is 5.02 Å². The van der Waals surface area contributed by atoms with Crippen molar-refractivity contribution in [1.29, 1.82) is 0 Å². The van der Waals surface area contributed by atoms with E-state index < -0.39 is 17.7 Å². The van der Waals surface area contributed by atoms with Gasteiger partial charge in [-0.3, -0.25) is 0 Å². The summed E-state index contributed by atoms with van der Waals surface area (Å²) < 4.78 is 26.2. The zero-order valence-electron chi connectivity index (χ0n) is 10.3. The first-order chi connectivity index (χ1) is 9.02. The van der Waals surface area contributed by atoms with E-state index >= 15 is 0 Å². The Hall–Kier alpha value is -1.45. The molecular formula is C15H13ClF2O. The van der Waals surface area contributed by atoms with Gasteiger partial charge in [0, 0.05) is 10.6 Å². The van der Waals surface area contributed by atoms with Gasteiger partial charge in [0.05, 0.1) is 0 Å². The third kappa shape index (κ3) is 2.94. The minimum absolute atomic E-state index is 0.00553. The largest absolute Gasteiger partial charge is 0.384 e. The quantitative estimate of drug-likeness (QED) is 0.834. The standard InChI is InChI=1S/C15H13ClF2O/c1-2-9-3-5-10(6-4-9)15(19)11-7-13(17)14(18)8-12(11)16/h3-8,15,19H,2H2,1H3. The smallest absolute Gasteiger partial charge is 0.160 e. The van der Waals surface area contributed by atoms with E-state index in [1.807, 2.05) is 19.1 Å². The van der Waals surface area contributed by atoms with Gasteiger partial charge in [0.25, 0.3) is 0 Å². The van der Waals surface area contributed by atoms with Crippen LogP contribution in [-0.2, 0) is 6.42 Å². The van der Waals surface area contributed by atoms with Crippen molar-refractivity contribution in [2.24, 2.45) is 0 Å². The molecule has 2 rings (SSSR count). The maximum atomic E-state index is 13.2. The van der Waals surface area contributed by atoms with Gasteiger partial charge < -0.3 is 5.11 Å². The van der Waals surface area contributed by atoms with Crippen molar-refractivity contribution in [3.63, 3.8) is 0 Å². The molecule has 0 saturated heterocycles. The molecule has 0 aliphatic heterocycles. The zero-order valence-corrected chi connectivity index (χ0v) is 11.1. The topological polar surface area (TPSA) is 20.2 Å². The monoisotopic (exact) mass is 282 g/mol. The molecule has 2 aromatic carbocycles. The summed E-state index contributed by atoms with van der Waals surface area (Å²) in [6.07, 6.45) is -0.184. The van der Waals surface area contributed by atoms with E-state index in [9.17, 15) is 13.9 Å². The molecule has 2 aromatic rings. The number of aryl methyl sites for hydroxylation is 1. The molecular weight excluding hydrogens is 270 g/mol. The Labute approximate surface area is 115 Å². The SMILES string of the molecule is CCc1ccc(C(O)c2cc(F)c(F)cc2Cl)cc1. The van der Waals surface area contributed by atoms with Crippen molar-refractivity contribution < 1.29 is 13.9 Å². The van der Waals surface area contributed by atoms with Gasteiger partial charge in [0.1, 0.15) is 6.10 Å². The van der Waals surface area contributed by atoms with E-state index in [1.54, 1.807) is 12.1 Å². The summed E-state index contributed by atoms with van der Waals surface area (Å²) in [5, 5.41) is 10.2. The molecule has 0 aliphatic carbocycles. The van der Waals surface area contributed by atoms with Crippen LogP contribution in [0.15, 0.2) is 36.4 Å². The number of benzene rings is 2. The van der Waals surface area contributed by atoms with Crippen LogP contribution in [0.5, 0.6) is 0 Å². The second-order valence-electron chi connectivity index (χ2n) is 4.29. The van der Waals surface area contributed by atoms with E-state index in [1.165, 1.54) is 0 Å². The second kappa shape index (κ2) is 5.68. The van der Waals surface area contributed by atoms with Gasteiger partial charge in [0.2, 0.25) is 0 Å². The maximum absolute atomic E-state index is 13.2. The maximum Gasteiger partial charge on any atom is 0.160 e. The second-order valence-corrected chi connectivity index (χ2v) is 4.69. The number of halogens is 3. The highest BCUT2D eigenvalue weighted by Gasteiger charge is 2.17. The number of hydrogen-bond donors (Lipinski definition) is 1. The van der Waals surface area contributed by atoms with Gasteiger partial charge in [-0.15, -0.1) is 0 Å². The van der Waals surface area contributed by atoms with Crippen molar-refractivity contribution in [3.05, 3.63) is 69.7 Å². The average molecular weight is 283 g/mol. The molecule has 1 unspecified atom stereocenters. The molecule has 1 nitrogen and oxygen atoms in total. The van der Waals surface area contributed by atoms with E-state index in [2.05, 4.69) is 0 Å². The normalized spacial score (nSPS) is 12.5. The molecule has 0 saturated carbocycles. The Balaban J connectivity index is 2.37. The van der Waals surface area contributed by atoms with Gasteiger partial charge in [0.15, 0.2) is 11.6 Å². The first-order valence-electron chi connectivity index (χ1n) is 5.94. The van der Waals surface area contributed by atoms with Gasteiger partial charge in [-0.1, -0.05) is 42.8 Å². The molecule has 0 aromatic heterocycles. The molecule has 0 radical (unpaired) electrons. The highest BCUT2D eigenvalue weighted by atomic mass is 35.5. The molecule has 1 atom stereocenters. The molecule has 0 aliphatic rings. The molecule has 0 amide bonds. The molecule has 4 heteroatoms. The first kappa shape index (κ1) is 14.0. The fraction of sp³-hybridized carbons (Fsp3) is 0.200. The van der Waals surface area contributed by atoms with Crippen LogP contribution in [0, 0.1) is 11.6 Å². The van der Waals surface area contributed by atoms with Crippen LogP contribution in [0.3, 0.4) is 0 Å². The van der Waals surface area contributed by atoms with E-state index in [0.717, 1.165) is 24.1 Å². The molecule has 19 heavy (non-hydrogen) atoms. The summed E-state index contributed by atoms with van der Waals surface area (Å²) >= 11 is 5.84. The van der Waals surface area contributed by atoms with E-state index in [0.29, 0.717) is 5.56 Å². The fourth-order valence-electron chi connectivity index (χ4n) is 1.86. The van der Waals surface area contributed by atoms with Crippen LogP contribution in [0.4, 0.5) is 8.78 Å². The fourth-order valence-corrected chi connectivity index (χ4v) is 2.12. The lowest BCUT2D eigenvalue weighted by Crippen LogP contribution is -2.02. The first-order valence-corrected chi connectivity index (χ1v) is 6.32. The summed E-state index contributed by atoms with van der Waals surface area (Å²) in [5.74, 6) is -2.05. The highest BCUT2D eigenvalue weighted by molar-refractivity contribution is 6.31. The van der Waals surface area contributed by atoms with Crippen molar-refractivity contribution in [1.82, 2.24) is 0 Å². The number of hydrogen-bond acceptors (Lipinski definition) is 1. The summed E-state index contributed by atoms with van der Waals surface area (Å²) in [6, 6.07) is 9.06. The predicted octanol–water partition coefficient (Wildman–Crippen LogP) is 4.26. The third-order valence-corrected chi connectivity index (χ3v) is 3.37. The Kier molecular flexibility index (Phi) is 4.17. The highest BCUT2D eigenvalue weighted by Crippen LogP contribution is 2.30. The Morgan fingerprint density at radius 3 is 2.26 bits per heavy atom. The lowest BCUT2D eigenvalue weighted by Gasteiger charge is -2.14. The summed E-state index contributed by atoms with van der Waals surface area (Å²) in [4.78, 5) is 0. The summed E-state index contributed by atoms with van der Waals surface area (Å²) in [6.45, 7) is 2.03. The Morgan fingerprint density at radius 2 is 1.68 bits per heavy atom.